The van der Waals surface area contributed by atoms with Crippen LogP contribution in [0.1, 0.15) is 37.4 Å². The van der Waals surface area contributed by atoms with Crippen LogP contribution in [0.25, 0.3) is 0 Å². The number of aromatic nitrogens is 2. The number of hydrogen-bond acceptors (Lipinski definition) is 4. The fourth-order valence-electron chi connectivity index (χ4n) is 2.41. The number of sulfonamides is 1. The number of aromatic amines is 1. The van der Waals surface area contributed by atoms with E-state index < -0.39 is 10.0 Å². The minimum absolute atomic E-state index is 0.0291. The van der Waals surface area contributed by atoms with Gasteiger partial charge in [0.1, 0.15) is 0 Å². The molecule has 1 aromatic rings. The topological polar surface area (TPSA) is 95.1 Å². The van der Waals surface area contributed by atoms with Gasteiger partial charge in [0.2, 0.25) is 0 Å². The maximum absolute atomic E-state index is 12.2. The van der Waals surface area contributed by atoms with Gasteiger partial charge in [-0.3, -0.25) is 5.10 Å². The fraction of sp³-hybridized carbons (Fsp3) is 0.727. The van der Waals surface area contributed by atoms with Crippen molar-refractivity contribution in [1.82, 2.24) is 14.9 Å². The molecule has 102 valence electrons. The highest BCUT2D eigenvalue weighted by molar-refractivity contribution is 7.89. The average molecular weight is 273 g/mol. The molecule has 1 saturated carbocycles. The van der Waals surface area contributed by atoms with Crippen LogP contribution >= 0.6 is 0 Å². The van der Waals surface area contributed by atoms with E-state index in [1.807, 2.05) is 6.92 Å². The average Bonchev–Trinajstić information content (AvgIpc) is 2.86. The van der Waals surface area contributed by atoms with E-state index in [2.05, 4.69) is 14.9 Å². The van der Waals surface area contributed by atoms with E-state index in [9.17, 15) is 13.5 Å². The van der Waals surface area contributed by atoms with Crippen molar-refractivity contribution in [1.29, 1.82) is 0 Å². The van der Waals surface area contributed by atoms with Gasteiger partial charge < -0.3 is 5.11 Å². The van der Waals surface area contributed by atoms with Crippen molar-refractivity contribution in [3.8, 4) is 0 Å². The molecule has 2 unspecified atom stereocenters. The zero-order chi connectivity index (χ0) is 13.3. The Balaban J connectivity index is 2.25. The van der Waals surface area contributed by atoms with Crippen LogP contribution in [0.3, 0.4) is 0 Å². The second kappa shape index (κ2) is 4.99. The lowest BCUT2D eigenvalue weighted by Gasteiger charge is -2.16. The molecule has 0 saturated heterocycles. The van der Waals surface area contributed by atoms with E-state index >= 15 is 0 Å². The molecule has 6 nitrogen and oxygen atoms in total. The number of H-pyrrole nitrogens is 1. The summed E-state index contributed by atoms with van der Waals surface area (Å²) >= 11 is 0. The largest absolute Gasteiger partial charge is 0.392 e. The Morgan fingerprint density at radius 1 is 1.50 bits per heavy atom. The minimum atomic E-state index is -3.65. The molecule has 0 amide bonds. The van der Waals surface area contributed by atoms with Gasteiger partial charge in [0.05, 0.1) is 6.61 Å². The van der Waals surface area contributed by atoms with E-state index in [1.54, 1.807) is 6.92 Å². The first-order valence-electron chi connectivity index (χ1n) is 6.12. The number of aryl methyl sites for hydroxylation is 1. The zero-order valence-corrected chi connectivity index (χ0v) is 11.4. The Labute approximate surface area is 107 Å². The lowest BCUT2D eigenvalue weighted by Crippen LogP contribution is -2.37. The van der Waals surface area contributed by atoms with Crippen molar-refractivity contribution in [2.24, 2.45) is 5.92 Å². The first kappa shape index (κ1) is 13.5. The van der Waals surface area contributed by atoms with Gasteiger partial charge in [-0.25, -0.2) is 13.1 Å². The summed E-state index contributed by atoms with van der Waals surface area (Å²) in [5.41, 5.74) is 0.922. The lowest BCUT2D eigenvalue weighted by atomic mass is 10.1. The third-order valence-corrected chi connectivity index (χ3v) is 5.08. The Morgan fingerprint density at radius 3 is 2.78 bits per heavy atom. The number of aliphatic hydroxyl groups is 1. The van der Waals surface area contributed by atoms with Crippen LogP contribution in [0.4, 0.5) is 0 Å². The standard InChI is InChI=1S/C11H19N3O3S/c1-7-4-3-5-10(7)14-18(16,17)11-9(6-15)8(2)12-13-11/h7,10,14-15H,3-6H2,1-2H3,(H,12,13). The Kier molecular flexibility index (Phi) is 3.74. The molecular formula is C11H19N3O3S. The van der Waals surface area contributed by atoms with Gasteiger partial charge in [-0.05, 0) is 25.7 Å². The molecule has 0 aliphatic heterocycles. The number of rotatable bonds is 4. The van der Waals surface area contributed by atoms with E-state index in [0.29, 0.717) is 17.2 Å². The van der Waals surface area contributed by atoms with Gasteiger partial charge in [0, 0.05) is 17.3 Å². The van der Waals surface area contributed by atoms with Gasteiger partial charge in [-0.1, -0.05) is 13.3 Å². The zero-order valence-electron chi connectivity index (χ0n) is 10.6. The summed E-state index contributed by atoms with van der Waals surface area (Å²) in [4.78, 5) is 0. The highest BCUT2D eigenvalue weighted by Gasteiger charge is 2.31. The molecule has 3 N–H and O–H groups in total. The first-order valence-corrected chi connectivity index (χ1v) is 7.61. The van der Waals surface area contributed by atoms with E-state index in [1.165, 1.54) is 0 Å². The summed E-state index contributed by atoms with van der Waals surface area (Å²) < 4.78 is 27.1. The van der Waals surface area contributed by atoms with Crippen LogP contribution < -0.4 is 4.72 Å². The SMILES string of the molecule is Cc1[nH]nc(S(=O)(=O)NC2CCCC2C)c1CO. The van der Waals surface area contributed by atoms with Crippen molar-refractivity contribution in [2.75, 3.05) is 0 Å². The van der Waals surface area contributed by atoms with Gasteiger partial charge >= 0.3 is 0 Å². The summed E-state index contributed by atoms with van der Waals surface area (Å²) in [6.07, 6.45) is 2.94. The molecule has 7 heteroatoms. The first-order chi connectivity index (χ1) is 8.45. The molecule has 1 fully saturated rings. The van der Waals surface area contributed by atoms with E-state index in [-0.39, 0.29) is 17.7 Å². The number of nitrogens with zero attached hydrogens (tertiary/aromatic N) is 1. The van der Waals surface area contributed by atoms with E-state index in [4.69, 9.17) is 0 Å². The van der Waals surface area contributed by atoms with Gasteiger partial charge in [-0.2, -0.15) is 5.10 Å². The second-order valence-electron chi connectivity index (χ2n) is 4.93. The third-order valence-electron chi connectivity index (χ3n) is 3.62. The van der Waals surface area contributed by atoms with Crippen LogP contribution in [-0.4, -0.2) is 29.8 Å². The second-order valence-corrected chi connectivity index (χ2v) is 6.56. The number of nitrogens with one attached hydrogen (secondary N) is 2. The van der Waals surface area contributed by atoms with Crippen molar-refractivity contribution in [3.05, 3.63) is 11.3 Å². The molecule has 0 aromatic carbocycles. The van der Waals surface area contributed by atoms with E-state index in [0.717, 1.165) is 19.3 Å². The summed E-state index contributed by atoms with van der Waals surface area (Å²) in [7, 11) is -3.65. The van der Waals surface area contributed by atoms with Crippen molar-refractivity contribution in [3.63, 3.8) is 0 Å². The Bertz CT molecular complexity index is 524. The molecular weight excluding hydrogens is 254 g/mol. The molecule has 2 atom stereocenters. The molecule has 2 rings (SSSR count). The maximum Gasteiger partial charge on any atom is 0.260 e. The van der Waals surface area contributed by atoms with Crippen LogP contribution in [0, 0.1) is 12.8 Å². The molecule has 0 spiro atoms. The Morgan fingerprint density at radius 2 is 2.22 bits per heavy atom. The lowest BCUT2D eigenvalue weighted by molar-refractivity contribution is 0.277. The van der Waals surface area contributed by atoms with Gasteiger partial charge in [0.15, 0.2) is 5.03 Å². The predicted molar refractivity (Wildman–Crippen MR) is 66.4 cm³/mol. The summed E-state index contributed by atoms with van der Waals surface area (Å²) in [5, 5.41) is 15.5. The van der Waals surface area contributed by atoms with Gasteiger partial charge in [0.25, 0.3) is 10.0 Å². The molecule has 1 aromatic heterocycles. The van der Waals surface area contributed by atoms with Crippen molar-refractivity contribution < 1.29 is 13.5 Å². The highest BCUT2D eigenvalue weighted by Crippen LogP contribution is 2.27. The minimum Gasteiger partial charge on any atom is -0.392 e. The summed E-state index contributed by atoms with van der Waals surface area (Å²) in [6.45, 7) is 3.40. The van der Waals surface area contributed by atoms with Crippen LogP contribution in [0.5, 0.6) is 0 Å². The smallest absolute Gasteiger partial charge is 0.260 e. The molecule has 0 bridgehead atoms. The van der Waals surface area contributed by atoms with Crippen molar-refractivity contribution in [2.45, 2.75) is 50.8 Å². The monoisotopic (exact) mass is 273 g/mol. The molecule has 1 heterocycles. The summed E-state index contributed by atoms with van der Waals surface area (Å²) in [5.74, 6) is 0.345. The predicted octanol–water partition coefficient (Wildman–Crippen LogP) is 0.677. The third kappa shape index (κ3) is 2.43. The highest BCUT2D eigenvalue weighted by atomic mass is 32.2. The molecule has 1 aliphatic rings. The quantitative estimate of drug-likeness (QED) is 0.751. The number of hydrogen-bond donors (Lipinski definition) is 3. The Hall–Kier alpha value is -0.920. The number of aliphatic hydroxyl groups excluding tert-OH is 1. The maximum atomic E-state index is 12.2. The summed E-state index contributed by atoms with van der Waals surface area (Å²) in [6, 6.07) is -0.0291. The molecule has 0 radical (unpaired) electrons. The normalized spacial score (nSPS) is 24.6. The molecule has 1 aliphatic carbocycles. The van der Waals surface area contributed by atoms with Crippen LogP contribution in [-0.2, 0) is 16.6 Å². The molecule has 18 heavy (non-hydrogen) atoms. The fourth-order valence-corrected chi connectivity index (χ4v) is 3.98. The van der Waals surface area contributed by atoms with Crippen molar-refractivity contribution >= 4 is 10.0 Å². The van der Waals surface area contributed by atoms with Crippen LogP contribution in [0.15, 0.2) is 5.03 Å². The van der Waals surface area contributed by atoms with Gasteiger partial charge in [-0.15, -0.1) is 0 Å². The van der Waals surface area contributed by atoms with Crippen LogP contribution in [0.2, 0.25) is 0 Å².